The maximum Gasteiger partial charge on any atom is 0.141 e. The lowest BCUT2D eigenvalue weighted by molar-refractivity contribution is 1.11. The van der Waals surface area contributed by atoms with Crippen LogP contribution >= 0.6 is 0 Å². The Kier molecular flexibility index (Phi) is 3.08. The zero-order valence-corrected chi connectivity index (χ0v) is 11.9. The van der Waals surface area contributed by atoms with Gasteiger partial charge in [-0.2, -0.15) is 0 Å². The normalized spacial score (nSPS) is 10.9. The molecule has 0 aliphatic carbocycles. The molecule has 0 saturated heterocycles. The van der Waals surface area contributed by atoms with Crippen molar-refractivity contribution in [3.8, 4) is 11.4 Å². The van der Waals surface area contributed by atoms with Gasteiger partial charge in [0.2, 0.25) is 0 Å². The molecule has 0 spiro atoms. The third kappa shape index (κ3) is 2.22. The van der Waals surface area contributed by atoms with Crippen molar-refractivity contribution in [2.24, 2.45) is 0 Å². The molecule has 0 saturated carbocycles. The molecule has 5 heteroatoms. The smallest absolute Gasteiger partial charge is 0.141 e. The van der Waals surface area contributed by atoms with Gasteiger partial charge in [-0.25, -0.2) is 9.97 Å². The summed E-state index contributed by atoms with van der Waals surface area (Å²) in [5.74, 6) is 1.63. The van der Waals surface area contributed by atoms with Crippen molar-refractivity contribution < 1.29 is 0 Å². The fourth-order valence-corrected chi connectivity index (χ4v) is 2.63. The minimum Gasteiger partial charge on any atom is -0.365 e. The number of nitrogens with one attached hydrogen (secondary N) is 3. The monoisotopic (exact) mass is 289 g/mol. The van der Waals surface area contributed by atoms with Crippen LogP contribution in [0.5, 0.6) is 0 Å². The van der Waals surface area contributed by atoms with Gasteiger partial charge in [0.15, 0.2) is 0 Å². The molecule has 0 aliphatic rings. The average molecular weight is 289 g/mol. The standard InChI is InChI=1S/C17H15N5/c1-3-12-6-8-18-15(12)13(4-1)11-22-17-14(5-2-7-19-17)16-20-9-10-21-16/h1-10,18H,11H2,(H,19,22)(H,20,21). The minimum absolute atomic E-state index is 0.697. The Labute approximate surface area is 127 Å². The molecule has 3 heterocycles. The molecule has 4 rings (SSSR count). The highest BCUT2D eigenvalue weighted by atomic mass is 15.0. The Morgan fingerprint density at radius 2 is 1.91 bits per heavy atom. The van der Waals surface area contributed by atoms with E-state index in [1.807, 2.05) is 24.5 Å². The summed E-state index contributed by atoms with van der Waals surface area (Å²) in [5.41, 5.74) is 3.33. The van der Waals surface area contributed by atoms with Gasteiger partial charge in [0, 0.05) is 31.3 Å². The van der Waals surface area contributed by atoms with E-state index in [9.17, 15) is 0 Å². The SMILES string of the molecule is c1cnc(NCc2cccc3cc[nH]c23)c(-c2ncc[nH]2)c1. The Balaban J connectivity index is 1.64. The summed E-state index contributed by atoms with van der Waals surface area (Å²) < 4.78 is 0. The summed E-state index contributed by atoms with van der Waals surface area (Å²) in [4.78, 5) is 15.1. The van der Waals surface area contributed by atoms with Crippen LogP contribution in [0.2, 0.25) is 0 Å². The molecular weight excluding hydrogens is 274 g/mol. The highest BCUT2D eigenvalue weighted by molar-refractivity contribution is 5.82. The molecule has 0 fully saturated rings. The lowest BCUT2D eigenvalue weighted by Crippen LogP contribution is -2.03. The number of rotatable bonds is 4. The summed E-state index contributed by atoms with van der Waals surface area (Å²) in [7, 11) is 0. The number of H-pyrrole nitrogens is 2. The summed E-state index contributed by atoms with van der Waals surface area (Å²) in [5, 5.41) is 4.62. The molecule has 0 amide bonds. The number of anilines is 1. The van der Waals surface area contributed by atoms with Gasteiger partial charge < -0.3 is 15.3 Å². The number of hydrogen-bond donors (Lipinski definition) is 3. The number of benzene rings is 1. The van der Waals surface area contributed by atoms with Crippen molar-refractivity contribution in [1.29, 1.82) is 0 Å². The zero-order chi connectivity index (χ0) is 14.8. The predicted molar refractivity (Wildman–Crippen MR) is 87.4 cm³/mol. The minimum atomic E-state index is 0.697. The van der Waals surface area contributed by atoms with Crippen molar-refractivity contribution >= 4 is 16.7 Å². The second-order valence-electron chi connectivity index (χ2n) is 5.05. The highest BCUT2D eigenvalue weighted by Gasteiger charge is 2.08. The van der Waals surface area contributed by atoms with Crippen molar-refractivity contribution in [3.05, 3.63) is 66.7 Å². The Morgan fingerprint density at radius 3 is 2.82 bits per heavy atom. The molecule has 0 radical (unpaired) electrons. The van der Waals surface area contributed by atoms with Crippen LogP contribution in [0.25, 0.3) is 22.3 Å². The lowest BCUT2D eigenvalue weighted by atomic mass is 10.1. The molecule has 108 valence electrons. The topological polar surface area (TPSA) is 69.4 Å². The number of hydrogen-bond acceptors (Lipinski definition) is 3. The molecule has 0 bridgehead atoms. The first-order chi connectivity index (χ1) is 10.9. The van der Waals surface area contributed by atoms with Crippen molar-refractivity contribution in [1.82, 2.24) is 19.9 Å². The van der Waals surface area contributed by atoms with Crippen LogP contribution in [-0.2, 0) is 6.54 Å². The van der Waals surface area contributed by atoms with Crippen LogP contribution in [0.3, 0.4) is 0 Å². The van der Waals surface area contributed by atoms with Gasteiger partial charge in [0.05, 0.1) is 11.1 Å². The maximum absolute atomic E-state index is 4.44. The van der Waals surface area contributed by atoms with Crippen molar-refractivity contribution in [3.63, 3.8) is 0 Å². The first-order valence-corrected chi connectivity index (χ1v) is 7.15. The molecule has 3 N–H and O–H groups in total. The van der Waals surface area contributed by atoms with Crippen LogP contribution in [0.1, 0.15) is 5.56 Å². The quantitative estimate of drug-likeness (QED) is 0.538. The third-order valence-electron chi connectivity index (χ3n) is 3.68. The molecule has 0 aliphatic heterocycles. The fourth-order valence-electron chi connectivity index (χ4n) is 2.63. The lowest BCUT2D eigenvalue weighted by Gasteiger charge is -2.10. The van der Waals surface area contributed by atoms with Crippen molar-refractivity contribution in [2.75, 3.05) is 5.32 Å². The number of aromatic amines is 2. The Bertz CT molecular complexity index is 892. The van der Waals surface area contributed by atoms with E-state index in [1.165, 1.54) is 10.9 Å². The van der Waals surface area contributed by atoms with Crippen LogP contribution < -0.4 is 5.32 Å². The van der Waals surface area contributed by atoms with Crippen LogP contribution in [0.15, 0.2) is 61.2 Å². The number of pyridine rings is 1. The molecule has 0 atom stereocenters. The molecule has 1 aromatic carbocycles. The second-order valence-corrected chi connectivity index (χ2v) is 5.05. The van der Waals surface area contributed by atoms with E-state index in [4.69, 9.17) is 0 Å². The van der Waals surface area contributed by atoms with E-state index in [0.717, 1.165) is 22.7 Å². The van der Waals surface area contributed by atoms with E-state index >= 15 is 0 Å². The van der Waals surface area contributed by atoms with Gasteiger partial charge in [-0.15, -0.1) is 0 Å². The third-order valence-corrected chi connectivity index (χ3v) is 3.68. The van der Waals surface area contributed by atoms with Crippen LogP contribution in [0.4, 0.5) is 5.82 Å². The predicted octanol–water partition coefficient (Wildman–Crippen LogP) is 3.57. The van der Waals surface area contributed by atoms with Gasteiger partial charge in [0.25, 0.3) is 0 Å². The summed E-state index contributed by atoms with van der Waals surface area (Å²) >= 11 is 0. The molecule has 5 nitrogen and oxygen atoms in total. The number of nitrogens with zero attached hydrogens (tertiary/aromatic N) is 2. The van der Waals surface area contributed by atoms with E-state index in [1.54, 1.807) is 12.4 Å². The second kappa shape index (κ2) is 5.37. The number of aromatic nitrogens is 4. The van der Waals surface area contributed by atoms with E-state index < -0.39 is 0 Å². The summed E-state index contributed by atoms with van der Waals surface area (Å²) in [6.45, 7) is 0.697. The number of imidazole rings is 1. The molecule has 3 aromatic heterocycles. The fraction of sp³-hybridized carbons (Fsp3) is 0.0588. The zero-order valence-electron chi connectivity index (χ0n) is 11.9. The van der Waals surface area contributed by atoms with Gasteiger partial charge in [0.1, 0.15) is 11.6 Å². The first-order valence-electron chi connectivity index (χ1n) is 7.15. The summed E-state index contributed by atoms with van der Waals surface area (Å²) in [6.07, 6.45) is 7.30. The number of fused-ring (bicyclic) bond motifs is 1. The molecule has 0 unspecified atom stereocenters. The van der Waals surface area contributed by atoms with E-state index in [0.29, 0.717) is 6.54 Å². The molecule has 22 heavy (non-hydrogen) atoms. The van der Waals surface area contributed by atoms with Gasteiger partial charge >= 0.3 is 0 Å². The van der Waals surface area contributed by atoms with Crippen molar-refractivity contribution in [2.45, 2.75) is 6.54 Å². The molecular formula is C17H15N5. The van der Waals surface area contributed by atoms with Crippen LogP contribution in [0, 0.1) is 0 Å². The highest BCUT2D eigenvalue weighted by Crippen LogP contribution is 2.24. The Hall–Kier alpha value is -3.08. The van der Waals surface area contributed by atoms with Gasteiger partial charge in [-0.3, -0.25) is 0 Å². The van der Waals surface area contributed by atoms with Gasteiger partial charge in [-0.1, -0.05) is 18.2 Å². The van der Waals surface area contributed by atoms with Gasteiger partial charge in [-0.05, 0) is 29.1 Å². The molecule has 4 aromatic rings. The average Bonchev–Trinajstić information content (AvgIpc) is 3.24. The maximum atomic E-state index is 4.44. The van der Waals surface area contributed by atoms with E-state index in [2.05, 4.69) is 49.5 Å². The number of para-hydroxylation sites is 1. The largest absolute Gasteiger partial charge is 0.365 e. The van der Waals surface area contributed by atoms with Crippen LogP contribution in [-0.4, -0.2) is 19.9 Å². The summed E-state index contributed by atoms with van der Waals surface area (Å²) in [6, 6.07) is 12.3. The van der Waals surface area contributed by atoms with E-state index in [-0.39, 0.29) is 0 Å². The first kappa shape index (κ1) is 12.6. The Morgan fingerprint density at radius 1 is 0.909 bits per heavy atom.